The van der Waals surface area contributed by atoms with Crippen LogP contribution in [0.2, 0.25) is 0 Å². The number of nitro groups is 1. The molecule has 0 fully saturated rings. The van der Waals surface area contributed by atoms with Crippen LogP contribution < -0.4 is 10.6 Å². The van der Waals surface area contributed by atoms with E-state index < -0.39 is 22.0 Å². The van der Waals surface area contributed by atoms with Gasteiger partial charge in [-0.1, -0.05) is 18.2 Å². The van der Waals surface area contributed by atoms with Crippen LogP contribution in [0, 0.1) is 10.1 Å². The van der Waals surface area contributed by atoms with Gasteiger partial charge in [0.1, 0.15) is 5.00 Å². The number of carbonyl (C=O) groups excluding carboxylic acids is 3. The number of nitro benzene ring substituents is 1. The van der Waals surface area contributed by atoms with E-state index in [9.17, 15) is 24.5 Å². The molecule has 4 rings (SSSR count). The molecule has 12 nitrogen and oxygen atoms in total. The third-order valence-corrected chi connectivity index (χ3v) is 8.80. The Morgan fingerprint density at radius 1 is 1.18 bits per heavy atom. The number of nitrogens with zero attached hydrogens (tertiary/aromatic N) is 4. The Morgan fingerprint density at radius 2 is 1.90 bits per heavy atom. The number of thioether (sulfide) groups is 1. The topological polar surface area (TPSA) is 158 Å². The van der Waals surface area contributed by atoms with Gasteiger partial charge >= 0.3 is 5.97 Å². The average molecular weight is 587 g/mol. The van der Waals surface area contributed by atoms with Crippen LogP contribution >= 0.6 is 23.1 Å². The van der Waals surface area contributed by atoms with Crippen LogP contribution in [0.5, 0.6) is 0 Å². The summed E-state index contributed by atoms with van der Waals surface area (Å²) in [7, 11) is 1.73. The molecule has 3 aromatic rings. The highest BCUT2D eigenvalue weighted by Gasteiger charge is 2.28. The lowest BCUT2D eigenvalue weighted by Gasteiger charge is -2.12. The molecule has 212 valence electrons. The molecule has 1 atom stereocenters. The van der Waals surface area contributed by atoms with Crippen molar-refractivity contribution < 1.29 is 24.0 Å². The predicted octanol–water partition coefficient (Wildman–Crippen LogP) is 4.28. The first-order valence-corrected chi connectivity index (χ1v) is 14.6. The molecule has 14 heteroatoms. The molecule has 1 unspecified atom stereocenters. The van der Waals surface area contributed by atoms with Gasteiger partial charge in [-0.15, -0.1) is 21.5 Å². The molecule has 40 heavy (non-hydrogen) atoms. The number of nitrogens with one attached hydrogen (secondary N) is 2. The number of aromatic nitrogens is 3. The fourth-order valence-electron chi connectivity index (χ4n) is 4.27. The van der Waals surface area contributed by atoms with Gasteiger partial charge in [0.15, 0.2) is 11.0 Å². The molecule has 2 N–H and O–H groups in total. The molecule has 0 aliphatic heterocycles. The van der Waals surface area contributed by atoms with Crippen LogP contribution in [0.4, 0.5) is 10.7 Å². The SMILES string of the molecule is CCOC(=O)c1c(NC(=O)C(C)Sc2nnc(CNC(=O)c3ccc([N+](=O)[O-])cc3)n2C)sc2c1CCCCC2. The Balaban J connectivity index is 1.39. The van der Waals surface area contributed by atoms with Crippen molar-refractivity contribution in [2.24, 2.45) is 7.05 Å². The summed E-state index contributed by atoms with van der Waals surface area (Å²) in [6.45, 7) is 3.83. The lowest BCUT2D eigenvalue weighted by Crippen LogP contribution is -2.25. The van der Waals surface area contributed by atoms with Crippen molar-refractivity contribution in [3.63, 3.8) is 0 Å². The summed E-state index contributed by atoms with van der Waals surface area (Å²) in [6, 6.07) is 5.29. The molecule has 0 radical (unpaired) electrons. The largest absolute Gasteiger partial charge is 0.462 e. The van der Waals surface area contributed by atoms with Crippen molar-refractivity contribution in [2.75, 3.05) is 11.9 Å². The first-order valence-electron chi connectivity index (χ1n) is 12.9. The van der Waals surface area contributed by atoms with Crippen molar-refractivity contribution >= 4 is 51.6 Å². The summed E-state index contributed by atoms with van der Waals surface area (Å²) in [5.41, 5.74) is 1.64. The fourth-order valence-corrected chi connectivity index (χ4v) is 6.39. The fraction of sp³-hybridized carbons (Fsp3) is 0.423. The van der Waals surface area contributed by atoms with Crippen molar-refractivity contribution in [1.82, 2.24) is 20.1 Å². The minimum absolute atomic E-state index is 0.0735. The molecule has 0 saturated carbocycles. The highest BCUT2D eigenvalue weighted by Crippen LogP contribution is 2.38. The Hall–Kier alpha value is -3.78. The molecule has 2 heterocycles. The molecule has 2 aromatic heterocycles. The summed E-state index contributed by atoms with van der Waals surface area (Å²) in [5.74, 6) is -0.627. The van der Waals surface area contributed by atoms with Gasteiger partial charge < -0.3 is 19.9 Å². The molecule has 0 spiro atoms. The van der Waals surface area contributed by atoms with E-state index in [4.69, 9.17) is 4.74 Å². The minimum Gasteiger partial charge on any atom is -0.462 e. The van der Waals surface area contributed by atoms with Gasteiger partial charge in [-0.05, 0) is 57.2 Å². The molecule has 1 aromatic carbocycles. The first-order chi connectivity index (χ1) is 19.2. The number of amides is 2. The Bertz CT molecular complexity index is 1420. The number of ether oxygens (including phenoxy) is 1. The van der Waals surface area contributed by atoms with Gasteiger partial charge in [0.2, 0.25) is 5.91 Å². The summed E-state index contributed by atoms with van der Waals surface area (Å²) in [5, 5.41) is 25.2. The molecule has 0 bridgehead atoms. The molecular weight excluding hydrogens is 556 g/mol. The van der Waals surface area contributed by atoms with Crippen molar-refractivity contribution in [3.05, 3.63) is 61.8 Å². The minimum atomic E-state index is -0.553. The Labute approximate surface area is 239 Å². The number of non-ortho nitro benzene ring substituents is 1. The normalized spacial score (nSPS) is 13.6. The standard InChI is InChI=1S/C26H30N6O6S2/c1-4-38-25(35)21-18-8-6-5-7-9-19(18)40-24(21)28-22(33)15(2)39-26-30-29-20(31(26)3)14-27-23(34)16-10-12-17(13-11-16)32(36)37/h10-13,15H,4-9,14H2,1-3H3,(H,27,34)(H,28,33). The number of fused-ring (bicyclic) bond motifs is 1. The van der Waals surface area contributed by atoms with Crippen LogP contribution in [0.3, 0.4) is 0 Å². The maximum Gasteiger partial charge on any atom is 0.341 e. The van der Waals surface area contributed by atoms with E-state index in [0.717, 1.165) is 42.5 Å². The molecule has 1 aliphatic rings. The van der Waals surface area contributed by atoms with E-state index in [-0.39, 0.29) is 30.3 Å². The third-order valence-electron chi connectivity index (χ3n) is 6.46. The van der Waals surface area contributed by atoms with E-state index >= 15 is 0 Å². The van der Waals surface area contributed by atoms with Gasteiger partial charge in [-0.25, -0.2) is 4.79 Å². The third kappa shape index (κ3) is 6.67. The number of hydrogen-bond donors (Lipinski definition) is 2. The van der Waals surface area contributed by atoms with Crippen LogP contribution in [0.15, 0.2) is 29.4 Å². The zero-order chi connectivity index (χ0) is 28.8. The van der Waals surface area contributed by atoms with Crippen LogP contribution in [-0.4, -0.2) is 49.3 Å². The van der Waals surface area contributed by atoms with Crippen LogP contribution in [-0.2, 0) is 36.0 Å². The second-order valence-electron chi connectivity index (χ2n) is 9.18. The van der Waals surface area contributed by atoms with Crippen molar-refractivity contribution in [2.45, 2.75) is 62.9 Å². The maximum atomic E-state index is 13.2. The summed E-state index contributed by atoms with van der Waals surface area (Å²) >= 11 is 2.65. The van der Waals surface area contributed by atoms with Gasteiger partial charge in [0.05, 0.1) is 28.9 Å². The second kappa shape index (κ2) is 13.0. The quantitative estimate of drug-likeness (QED) is 0.116. The maximum absolute atomic E-state index is 13.2. The summed E-state index contributed by atoms with van der Waals surface area (Å²) in [6.07, 6.45) is 4.84. The van der Waals surface area contributed by atoms with Crippen LogP contribution in [0.1, 0.15) is 70.1 Å². The number of benzene rings is 1. The summed E-state index contributed by atoms with van der Waals surface area (Å²) < 4.78 is 6.99. The van der Waals surface area contributed by atoms with E-state index in [1.165, 1.54) is 47.4 Å². The summed E-state index contributed by atoms with van der Waals surface area (Å²) in [4.78, 5) is 49.8. The number of anilines is 1. The number of aryl methyl sites for hydroxylation is 1. The first kappa shape index (κ1) is 29.2. The number of rotatable bonds is 10. The number of carbonyl (C=O) groups is 3. The zero-order valence-electron chi connectivity index (χ0n) is 22.4. The lowest BCUT2D eigenvalue weighted by atomic mass is 10.1. The average Bonchev–Trinajstić information content (AvgIpc) is 3.36. The van der Waals surface area contributed by atoms with Gasteiger partial charge in [0, 0.05) is 29.6 Å². The monoisotopic (exact) mass is 586 g/mol. The Morgan fingerprint density at radius 3 is 2.60 bits per heavy atom. The second-order valence-corrected chi connectivity index (χ2v) is 11.6. The molecular formula is C26H30N6O6S2. The van der Waals surface area contributed by atoms with E-state index in [1.54, 1.807) is 25.5 Å². The predicted molar refractivity (Wildman–Crippen MR) is 151 cm³/mol. The van der Waals surface area contributed by atoms with Crippen LogP contribution in [0.25, 0.3) is 0 Å². The van der Waals surface area contributed by atoms with E-state index in [0.29, 0.717) is 21.5 Å². The molecule has 2 amide bonds. The Kier molecular flexibility index (Phi) is 9.53. The molecule has 1 aliphatic carbocycles. The van der Waals surface area contributed by atoms with Gasteiger partial charge in [-0.3, -0.25) is 19.7 Å². The lowest BCUT2D eigenvalue weighted by molar-refractivity contribution is -0.384. The highest BCUT2D eigenvalue weighted by atomic mass is 32.2. The number of esters is 1. The van der Waals surface area contributed by atoms with Gasteiger partial charge in [-0.2, -0.15) is 0 Å². The smallest absolute Gasteiger partial charge is 0.341 e. The van der Waals surface area contributed by atoms with Gasteiger partial charge in [0.25, 0.3) is 11.6 Å². The number of thiophene rings is 1. The van der Waals surface area contributed by atoms with E-state index in [1.807, 2.05) is 0 Å². The molecule has 0 saturated heterocycles. The van der Waals surface area contributed by atoms with Crippen molar-refractivity contribution in [3.8, 4) is 0 Å². The van der Waals surface area contributed by atoms with E-state index in [2.05, 4.69) is 20.8 Å². The number of hydrogen-bond acceptors (Lipinski definition) is 10. The highest BCUT2D eigenvalue weighted by molar-refractivity contribution is 8.00. The van der Waals surface area contributed by atoms with Crippen molar-refractivity contribution in [1.29, 1.82) is 0 Å². The zero-order valence-corrected chi connectivity index (χ0v) is 24.0.